The molecule has 1 atom stereocenters. The van der Waals surface area contributed by atoms with Crippen molar-refractivity contribution < 1.29 is 14.4 Å². The van der Waals surface area contributed by atoms with Crippen LogP contribution in [0.2, 0.25) is 10.0 Å². The van der Waals surface area contributed by atoms with Crippen LogP contribution in [0.15, 0.2) is 54.6 Å². The van der Waals surface area contributed by atoms with E-state index in [1.165, 1.54) is 9.80 Å². The Morgan fingerprint density at radius 2 is 1.83 bits per heavy atom. The summed E-state index contributed by atoms with van der Waals surface area (Å²) in [5.41, 5.74) is 1.93. The number of anilines is 1. The molecule has 1 aliphatic heterocycles. The maximum Gasteiger partial charge on any atom is 0.259 e. The highest BCUT2D eigenvalue weighted by Crippen LogP contribution is 2.37. The summed E-state index contributed by atoms with van der Waals surface area (Å²) in [6.07, 6.45) is 1.79. The molecule has 0 aromatic heterocycles. The lowest BCUT2D eigenvalue weighted by molar-refractivity contribution is -0.139. The summed E-state index contributed by atoms with van der Waals surface area (Å²) >= 11 is 12.4. The molecule has 0 bridgehead atoms. The van der Waals surface area contributed by atoms with E-state index in [0.29, 0.717) is 33.4 Å². The molecule has 3 aromatic carbocycles. The number of amides is 3. The predicted molar refractivity (Wildman–Crippen MR) is 140 cm³/mol. The molecule has 1 N–H and O–H groups in total. The summed E-state index contributed by atoms with van der Waals surface area (Å²) in [6, 6.07) is 15.5. The molecule has 182 valence electrons. The van der Waals surface area contributed by atoms with Gasteiger partial charge >= 0.3 is 0 Å². The Morgan fingerprint density at radius 1 is 1.09 bits per heavy atom. The molecule has 0 spiro atoms. The molecule has 1 heterocycles. The van der Waals surface area contributed by atoms with Crippen molar-refractivity contribution in [3.05, 3.63) is 75.8 Å². The minimum Gasteiger partial charge on any atom is -0.354 e. The van der Waals surface area contributed by atoms with Gasteiger partial charge in [-0.3, -0.25) is 19.3 Å². The largest absolute Gasteiger partial charge is 0.354 e. The van der Waals surface area contributed by atoms with Gasteiger partial charge in [-0.05, 0) is 48.6 Å². The van der Waals surface area contributed by atoms with Crippen molar-refractivity contribution >= 4 is 57.4 Å². The van der Waals surface area contributed by atoms with Crippen LogP contribution < -0.4 is 10.2 Å². The van der Waals surface area contributed by atoms with E-state index in [1.807, 2.05) is 37.3 Å². The van der Waals surface area contributed by atoms with Crippen molar-refractivity contribution in [1.29, 1.82) is 0 Å². The number of halogens is 2. The number of unbranched alkanes of at least 4 members (excludes halogenated alkanes) is 1. The SMILES string of the molecule is CCCCNC(=O)[C@@H](C)N(Cc1ccc(Cl)cc1Cl)C(=O)CN1C(=O)c2cccc3cccc1c23. The topological polar surface area (TPSA) is 69.7 Å². The molecule has 1 aliphatic rings. The van der Waals surface area contributed by atoms with Crippen LogP contribution in [0.5, 0.6) is 0 Å². The van der Waals surface area contributed by atoms with Crippen LogP contribution >= 0.6 is 23.2 Å². The molecule has 4 rings (SSSR count). The van der Waals surface area contributed by atoms with Gasteiger partial charge < -0.3 is 10.2 Å². The highest BCUT2D eigenvalue weighted by Gasteiger charge is 2.34. The first kappa shape index (κ1) is 25.0. The number of hydrogen-bond donors (Lipinski definition) is 1. The third-order valence-corrected chi connectivity index (χ3v) is 6.88. The maximum absolute atomic E-state index is 13.7. The number of nitrogens with zero attached hydrogens (tertiary/aromatic N) is 2. The van der Waals surface area contributed by atoms with Crippen LogP contribution in [0.1, 0.15) is 42.6 Å². The van der Waals surface area contributed by atoms with E-state index in [0.717, 1.165) is 23.6 Å². The third-order valence-electron chi connectivity index (χ3n) is 6.30. The monoisotopic (exact) mass is 511 g/mol. The van der Waals surface area contributed by atoms with E-state index in [2.05, 4.69) is 5.32 Å². The van der Waals surface area contributed by atoms with Crippen LogP contribution in [0.25, 0.3) is 10.8 Å². The second-order valence-electron chi connectivity index (χ2n) is 8.65. The fourth-order valence-electron chi connectivity index (χ4n) is 4.31. The van der Waals surface area contributed by atoms with E-state index < -0.39 is 6.04 Å². The number of benzene rings is 3. The van der Waals surface area contributed by atoms with E-state index in [1.54, 1.807) is 31.2 Å². The number of carbonyl (C=O) groups excluding carboxylic acids is 3. The van der Waals surface area contributed by atoms with Crippen LogP contribution in [-0.4, -0.2) is 41.8 Å². The summed E-state index contributed by atoms with van der Waals surface area (Å²) in [6.45, 7) is 4.18. The molecule has 0 saturated carbocycles. The lowest BCUT2D eigenvalue weighted by Gasteiger charge is -2.31. The van der Waals surface area contributed by atoms with Gasteiger partial charge in [-0.15, -0.1) is 0 Å². The first-order chi connectivity index (χ1) is 16.8. The number of carbonyl (C=O) groups is 3. The van der Waals surface area contributed by atoms with Gasteiger partial charge in [-0.25, -0.2) is 0 Å². The van der Waals surface area contributed by atoms with E-state index in [-0.39, 0.29) is 30.8 Å². The molecular weight excluding hydrogens is 485 g/mol. The van der Waals surface area contributed by atoms with Crippen molar-refractivity contribution in [2.24, 2.45) is 0 Å². The third kappa shape index (κ3) is 5.14. The molecule has 0 unspecified atom stereocenters. The van der Waals surface area contributed by atoms with E-state index in [9.17, 15) is 14.4 Å². The first-order valence-electron chi connectivity index (χ1n) is 11.7. The molecule has 3 amide bonds. The Morgan fingerprint density at radius 3 is 2.54 bits per heavy atom. The Bertz CT molecular complexity index is 1290. The van der Waals surface area contributed by atoms with Gasteiger partial charge in [0.1, 0.15) is 12.6 Å². The second kappa shape index (κ2) is 10.7. The van der Waals surface area contributed by atoms with Crippen molar-refractivity contribution in [1.82, 2.24) is 10.2 Å². The van der Waals surface area contributed by atoms with Gasteiger partial charge in [0.05, 0.1) is 5.69 Å². The second-order valence-corrected chi connectivity index (χ2v) is 9.49. The Labute approximate surface area is 214 Å². The minimum atomic E-state index is -0.762. The highest BCUT2D eigenvalue weighted by atomic mass is 35.5. The van der Waals surface area contributed by atoms with Crippen LogP contribution in [0.3, 0.4) is 0 Å². The molecule has 0 radical (unpaired) electrons. The van der Waals surface area contributed by atoms with Crippen LogP contribution in [0.4, 0.5) is 5.69 Å². The first-order valence-corrected chi connectivity index (χ1v) is 12.4. The Kier molecular flexibility index (Phi) is 7.63. The number of hydrogen-bond acceptors (Lipinski definition) is 3. The fraction of sp³-hybridized carbons (Fsp3) is 0.296. The fourth-order valence-corrected chi connectivity index (χ4v) is 4.78. The number of nitrogens with one attached hydrogen (secondary N) is 1. The normalized spacial score (nSPS) is 13.3. The molecule has 0 saturated heterocycles. The van der Waals surface area contributed by atoms with Crippen molar-refractivity contribution in [3.8, 4) is 0 Å². The average molecular weight is 512 g/mol. The van der Waals surface area contributed by atoms with Gasteiger partial charge in [0.2, 0.25) is 11.8 Å². The minimum absolute atomic E-state index is 0.108. The average Bonchev–Trinajstić information content (AvgIpc) is 3.11. The summed E-state index contributed by atoms with van der Waals surface area (Å²) in [5, 5.41) is 5.56. The summed E-state index contributed by atoms with van der Waals surface area (Å²) in [5.74, 6) is -0.836. The molecule has 35 heavy (non-hydrogen) atoms. The lowest BCUT2D eigenvalue weighted by Crippen LogP contribution is -2.51. The van der Waals surface area contributed by atoms with Crippen LogP contribution in [0, 0.1) is 0 Å². The predicted octanol–water partition coefficient (Wildman–Crippen LogP) is 5.44. The van der Waals surface area contributed by atoms with Crippen molar-refractivity contribution in [2.75, 3.05) is 18.0 Å². The van der Waals surface area contributed by atoms with Gasteiger partial charge in [0, 0.05) is 34.1 Å². The highest BCUT2D eigenvalue weighted by molar-refractivity contribution is 6.35. The summed E-state index contributed by atoms with van der Waals surface area (Å²) < 4.78 is 0. The van der Waals surface area contributed by atoms with E-state index >= 15 is 0 Å². The maximum atomic E-state index is 13.7. The summed E-state index contributed by atoms with van der Waals surface area (Å²) in [7, 11) is 0. The van der Waals surface area contributed by atoms with Gasteiger partial charge in [-0.1, -0.05) is 66.9 Å². The smallest absolute Gasteiger partial charge is 0.259 e. The quantitative estimate of drug-likeness (QED) is 0.388. The van der Waals surface area contributed by atoms with Crippen molar-refractivity contribution in [3.63, 3.8) is 0 Å². The molecule has 8 heteroatoms. The zero-order valence-electron chi connectivity index (χ0n) is 19.7. The molecule has 3 aromatic rings. The van der Waals surface area contributed by atoms with E-state index in [4.69, 9.17) is 23.2 Å². The van der Waals surface area contributed by atoms with Gasteiger partial charge in [0.15, 0.2) is 0 Å². The Hall–Kier alpha value is -3.09. The van der Waals surface area contributed by atoms with Crippen LogP contribution in [-0.2, 0) is 16.1 Å². The van der Waals surface area contributed by atoms with Crippen molar-refractivity contribution in [2.45, 2.75) is 39.3 Å². The number of rotatable bonds is 9. The molecule has 0 fully saturated rings. The molecular formula is C27H27Cl2N3O3. The molecule has 6 nitrogen and oxygen atoms in total. The zero-order valence-corrected chi connectivity index (χ0v) is 21.2. The van der Waals surface area contributed by atoms with Gasteiger partial charge in [-0.2, -0.15) is 0 Å². The summed E-state index contributed by atoms with van der Waals surface area (Å²) in [4.78, 5) is 42.7. The molecule has 0 aliphatic carbocycles. The lowest BCUT2D eigenvalue weighted by atomic mass is 10.1. The standard InChI is InChI=1S/C27H27Cl2N3O3/c1-3-4-13-30-26(34)17(2)31(15-19-11-12-20(28)14-22(19)29)24(33)16-32-23-10-6-8-18-7-5-9-21(25(18)23)27(32)35/h5-12,14,17H,3-4,13,15-16H2,1-2H3,(H,30,34)/t17-/m1/s1. The Balaban J connectivity index is 1.61. The van der Waals surface area contributed by atoms with Gasteiger partial charge in [0.25, 0.3) is 5.91 Å². The zero-order chi connectivity index (χ0) is 25.1.